The number of carbonyl (C=O) groups is 1. The molecule has 17 heavy (non-hydrogen) atoms. The molecule has 1 saturated carbocycles. The molecule has 0 bridgehead atoms. The van der Waals surface area contributed by atoms with Crippen LogP contribution in [-0.2, 0) is 4.79 Å². The normalized spacial score (nSPS) is 17.4. The lowest BCUT2D eigenvalue weighted by Gasteiger charge is -2.21. The molecule has 1 fully saturated rings. The first kappa shape index (κ1) is 12.1. The van der Waals surface area contributed by atoms with Crippen molar-refractivity contribution in [2.75, 3.05) is 5.32 Å². The highest BCUT2D eigenvalue weighted by Crippen LogP contribution is 2.25. The van der Waals surface area contributed by atoms with Gasteiger partial charge in [0.25, 0.3) is 0 Å². The van der Waals surface area contributed by atoms with Crippen LogP contribution in [-0.4, -0.2) is 15.7 Å². The van der Waals surface area contributed by atoms with Crippen molar-refractivity contribution >= 4 is 11.7 Å². The van der Waals surface area contributed by atoms with Crippen LogP contribution >= 0.6 is 0 Å². The molecule has 2 rings (SSSR count). The van der Waals surface area contributed by atoms with Crippen molar-refractivity contribution in [3.8, 4) is 0 Å². The zero-order valence-corrected chi connectivity index (χ0v) is 10.6. The van der Waals surface area contributed by atoms with Crippen LogP contribution in [0.4, 0.5) is 5.82 Å². The average molecular weight is 235 g/mol. The van der Waals surface area contributed by atoms with Crippen LogP contribution in [0.5, 0.6) is 0 Å². The SMILES string of the molecule is CC(C)n1nccc1NC(=O)C1CCCCC1. The molecule has 4 nitrogen and oxygen atoms in total. The molecule has 1 aromatic heterocycles. The molecule has 1 aromatic rings. The van der Waals surface area contributed by atoms with E-state index >= 15 is 0 Å². The van der Waals surface area contributed by atoms with Gasteiger partial charge in [0.1, 0.15) is 5.82 Å². The predicted octanol–water partition coefficient (Wildman–Crippen LogP) is 2.98. The predicted molar refractivity (Wildman–Crippen MR) is 67.8 cm³/mol. The monoisotopic (exact) mass is 235 g/mol. The van der Waals surface area contributed by atoms with E-state index < -0.39 is 0 Å². The number of rotatable bonds is 3. The van der Waals surface area contributed by atoms with Gasteiger partial charge in [0, 0.05) is 18.0 Å². The topological polar surface area (TPSA) is 46.9 Å². The molecule has 1 amide bonds. The maximum atomic E-state index is 12.1. The Balaban J connectivity index is 1.99. The fourth-order valence-electron chi connectivity index (χ4n) is 2.42. The molecule has 0 saturated heterocycles. The summed E-state index contributed by atoms with van der Waals surface area (Å²) in [6.07, 6.45) is 7.43. The Morgan fingerprint density at radius 3 is 2.76 bits per heavy atom. The fraction of sp³-hybridized carbons (Fsp3) is 0.692. The summed E-state index contributed by atoms with van der Waals surface area (Å²) in [5.41, 5.74) is 0. The molecule has 1 aliphatic carbocycles. The molecular formula is C13H21N3O. The van der Waals surface area contributed by atoms with Gasteiger partial charge in [-0.3, -0.25) is 4.79 Å². The van der Waals surface area contributed by atoms with Crippen molar-refractivity contribution in [1.29, 1.82) is 0 Å². The Hall–Kier alpha value is -1.32. The number of anilines is 1. The van der Waals surface area contributed by atoms with E-state index in [1.165, 1.54) is 19.3 Å². The maximum absolute atomic E-state index is 12.1. The van der Waals surface area contributed by atoms with E-state index in [0.29, 0.717) is 0 Å². The Labute approximate surface area is 102 Å². The molecule has 1 N–H and O–H groups in total. The molecule has 0 unspecified atom stereocenters. The van der Waals surface area contributed by atoms with Gasteiger partial charge in [0.15, 0.2) is 0 Å². The van der Waals surface area contributed by atoms with Gasteiger partial charge in [-0.25, -0.2) is 4.68 Å². The molecule has 1 aliphatic rings. The molecule has 4 heteroatoms. The number of nitrogens with one attached hydrogen (secondary N) is 1. The van der Waals surface area contributed by atoms with Crippen molar-refractivity contribution in [2.45, 2.75) is 52.0 Å². The smallest absolute Gasteiger partial charge is 0.228 e. The second-order valence-electron chi connectivity index (χ2n) is 5.08. The van der Waals surface area contributed by atoms with Crippen LogP contribution in [0, 0.1) is 5.92 Å². The van der Waals surface area contributed by atoms with Crippen LogP contribution in [0.15, 0.2) is 12.3 Å². The number of aromatic nitrogens is 2. The van der Waals surface area contributed by atoms with Gasteiger partial charge in [0.05, 0.1) is 6.20 Å². The second kappa shape index (κ2) is 5.34. The van der Waals surface area contributed by atoms with Crippen molar-refractivity contribution in [1.82, 2.24) is 9.78 Å². The first-order chi connectivity index (χ1) is 8.18. The number of nitrogens with zero attached hydrogens (tertiary/aromatic N) is 2. The summed E-state index contributed by atoms with van der Waals surface area (Å²) >= 11 is 0. The van der Waals surface area contributed by atoms with Crippen LogP contribution in [0.25, 0.3) is 0 Å². The van der Waals surface area contributed by atoms with Gasteiger partial charge in [-0.05, 0) is 26.7 Å². The molecule has 1 heterocycles. The first-order valence-electron chi connectivity index (χ1n) is 6.53. The third kappa shape index (κ3) is 2.87. The summed E-state index contributed by atoms with van der Waals surface area (Å²) in [5, 5.41) is 7.22. The first-order valence-corrected chi connectivity index (χ1v) is 6.53. The van der Waals surface area contributed by atoms with Gasteiger partial charge >= 0.3 is 0 Å². The zero-order chi connectivity index (χ0) is 12.3. The number of hydrogen-bond acceptors (Lipinski definition) is 2. The molecule has 0 aliphatic heterocycles. The van der Waals surface area contributed by atoms with Gasteiger partial charge < -0.3 is 5.32 Å². The fourth-order valence-corrected chi connectivity index (χ4v) is 2.42. The Morgan fingerprint density at radius 2 is 2.12 bits per heavy atom. The summed E-state index contributed by atoms with van der Waals surface area (Å²) in [5.74, 6) is 1.17. The Morgan fingerprint density at radius 1 is 1.41 bits per heavy atom. The summed E-state index contributed by atoms with van der Waals surface area (Å²) in [6.45, 7) is 4.12. The summed E-state index contributed by atoms with van der Waals surface area (Å²) in [7, 11) is 0. The van der Waals surface area contributed by atoms with E-state index in [0.717, 1.165) is 18.7 Å². The lowest BCUT2D eigenvalue weighted by molar-refractivity contribution is -0.120. The van der Waals surface area contributed by atoms with Crippen molar-refractivity contribution in [3.63, 3.8) is 0 Å². The standard InChI is InChI=1S/C13H21N3O/c1-10(2)16-12(8-9-14-16)15-13(17)11-6-4-3-5-7-11/h8-11H,3-7H2,1-2H3,(H,15,17). The minimum absolute atomic E-state index is 0.159. The van der Waals surface area contributed by atoms with Gasteiger partial charge in [-0.2, -0.15) is 5.10 Å². The van der Waals surface area contributed by atoms with Gasteiger partial charge in [0.2, 0.25) is 5.91 Å². The summed E-state index contributed by atoms with van der Waals surface area (Å²) < 4.78 is 1.85. The minimum Gasteiger partial charge on any atom is -0.311 e. The maximum Gasteiger partial charge on any atom is 0.228 e. The van der Waals surface area contributed by atoms with Gasteiger partial charge in [-0.1, -0.05) is 19.3 Å². The van der Waals surface area contributed by atoms with E-state index in [9.17, 15) is 4.79 Å². The third-order valence-corrected chi connectivity index (χ3v) is 3.39. The Kier molecular flexibility index (Phi) is 3.82. The number of carbonyl (C=O) groups excluding carboxylic acids is 1. The summed E-state index contributed by atoms with van der Waals surface area (Å²) in [4.78, 5) is 12.1. The number of hydrogen-bond donors (Lipinski definition) is 1. The highest BCUT2D eigenvalue weighted by atomic mass is 16.2. The summed E-state index contributed by atoms with van der Waals surface area (Å²) in [6, 6.07) is 2.13. The van der Waals surface area contributed by atoms with Crippen LogP contribution in [0.1, 0.15) is 52.0 Å². The van der Waals surface area contributed by atoms with E-state index in [2.05, 4.69) is 24.3 Å². The second-order valence-corrected chi connectivity index (χ2v) is 5.08. The quantitative estimate of drug-likeness (QED) is 0.875. The molecule has 94 valence electrons. The molecular weight excluding hydrogens is 214 g/mol. The molecule has 0 spiro atoms. The van der Waals surface area contributed by atoms with E-state index in [1.54, 1.807) is 6.20 Å². The van der Waals surface area contributed by atoms with Crippen molar-refractivity contribution in [2.24, 2.45) is 5.92 Å². The largest absolute Gasteiger partial charge is 0.311 e. The van der Waals surface area contributed by atoms with E-state index in [4.69, 9.17) is 0 Å². The average Bonchev–Trinajstić information content (AvgIpc) is 2.78. The third-order valence-electron chi connectivity index (χ3n) is 3.39. The zero-order valence-electron chi connectivity index (χ0n) is 10.6. The van der Waals surface area contributed by atoms with E-state index in [-0.39, 0.29) is 17.9 Å². The highest BCUT2D eigenvalue weighted by Gasteiger charge is 2.22. The van der Waals surface area contributed by atoms with E-state index in [1.807, 2.05) is 10.7 Å². The number of amides is 1. The lowest BCUT2D eigenvalue weighted by Crippen LogP contribution is -2.26. The van der Waals surface area contributed by atoms with Crippen LogP contribution in [0.3, 0.4) is 0 Å². The Bertz CT molecular complexity index is 378. The van der Waals surface area contributed by atoms with Crippen LogP contribution in [0.2, 0.25) is 0 Å². The van der Waals surface area contributed by atoms with Gasteiger partial charge in [-0.15, -0.1) is 0 Å². The molecule has 0 aromatic carbocycles. The molecule has 0 radical (unpaired) electrons. The van der Waals surface area contributed by atoms with Crippen molar-refractivity contribution < 1.29 is 4.79 Å². The van der Waals surface area contributed by atoms with Crippen LogP contribution < -0.4 is 5.32 Å². The highest BCUT2D eigenvalue weighted by molar-refractivity contribution is 5.91. The molecule has 0 atom stereocenters. The lowest BCUT2D eigenvalue weighted by atomic mass is 9.89. The van der Waals surface area contributed by atoms with Crippen molar-refractivity contribution in [3.05, 3.63) is 12.3 Å². The minimum atomic E-state index is 0.159.